The molecule has 0 N–H and O–H groups in total. The number of fused-ring (bicyclic) bond motifs is 1. The molecule has 0 saturated heterocycles. The third-order valence-corrected chi connectivity index (χ3v) is 3.47. The van der Waals surface area contributed by atoms with Crippen molar-refractivity contribution < 1.29 is 4.79 Å². The van der Waals surface area contributed by atoms with E-state index < -0.39 is 0 Å². The summed E-state index contributed by atoms with van der Waals surface area (Å²) in [6, 6.07) is 16.7. The molecule has 0 saturated carbocycles. The number of anilines is 1. The van der Waals surface area contributed by atoms with Gasteiger partial charge in [0.05, 0.1) is 0 Å². The van der Waals surface area contributed by atoms with Gasteiger partial charge >= 0.3 is 0 Å². The van der Waals surface area contributed by atoms with Gasteiger partial charge in [-0.3, -0.25) is 4.79 Å². The summed E-state index contributed by atoms with van der Waals surface area (Å²) < 4.78 is 0. The Hall–Kier alpha value is -2.35. The zero-order valence-electron chi connectivity index (χ0n) is 10.6. The first kappa shape index (κ1) is 11.7. The Kier molecular flexibility index (Phi) is 3.15. The smallest absolute Gasteiger partial charge is 0.142 e. The van der Waals surface area contributed by atoms with Crippen LogP contribution in [-0.2, 0) is 17.9 Å². The van der Waals surface area contributed by atoms with Crippen molar-refractivity contribution in [1.29, 1.82) is 0 Å². The maximum Gasteiger partial charge on any atom is 0.142 e. The van der Waals surface area contributed by atoms with Gasteiger partial charge in [0, 0.05) is 18.8 Å². The molecular formula is C17H15NO. The lowest BCUT2D eigenvalue weighted by Gasteiger charge is -2.20. The number of rotatable bonds is 3. The Morgan fingerprint density at radius 1 is 0.895 bits per heavy atom. The summed E-state index contributed by atoms with van der Waals surface area (Å²) in [5.41, 5.74) is 5.03. The zero-order valence-corrected chi connectivity index (χ0v) is 10.6. The van der Waals surface area contributed by atoms with Crippen LogP contribution in [-0.4, -0.2) is 6.29 Å². The fourth-order valence-corrected chi connectivity index (χ4v) is 2.56. The average molecular weight is 249 g/mol. The van der Waals surface area contributed by atoms with Gasteiger partial charge in [-0.2, -0.15) is 0 Å². The fourth-order valence-electron chi connectivity index (χ4n) is 2.56. The van der Waals surface area contributed by atoms with Gasteiger partial charge in [-0.25, -0.2) is 0 Å². The second-order valence-electron chi connectivity index (χ2n) is 4.68. The number of nitrogens with zero attached hydrogens (tertiary/aromatic N) is 1. The number of carbonyl (C=O) groups is 1. The van der Waals surface area contributed by atoms with Gasteiger partial charge in [-0.15, -0.1) is 0 Å². The van der Waals surface area contributed by atoms with Gasteiger partial charge in [0.25, 0.3) is 0 Å². The number of allylic oxidation sites excluding steroid dienone is 1. The lowest BCUT2D eigenvalue weighted by atomic mass is 10.1. The van der Waals surface area contributed by atoms with Crippen LogP contribution in [0.5, 0.6) is 0 Å². The highest BCUT2D eigenvalue weighted by Crippen LogP contribution is 2.30. The van der Waals surface area contributed by atoms with Crippen LogP contribution in [0.15, 0.2) is 54.6 Å². The molecule has 94 valence electrons. The van der Waals surface area contributed by atoms with Crippen LogP contribution in [0.25, 0.3) is 6.08 Å². The number of hydrogen-bond donors (Lipinski definition) is 0. The van der Waals surface area contributed by atoms with Crippen LogP contribution in [0.4, 0.5) is 5.69 Å². The van der Waals surface area contributed by atoms with Gasteiger partial charge in [-0.05, 0) is 34.9 Å². The molecule has 0 amide bonds. The molecule has 2 aromatic carbocycles. The molecule has 0 aromatic heterocycles. The van der Waals surface area contributed by atoms with E-state index in [1.807, 2.05) is 24.3 Å². The molecule has 0 fully saturated rings. The Morgan fingerprint density at radius 3 is 2.21 bits per heavy atom. The molecule has 3 rings (SSSR count). The van der Waals surface area contributed by atoms with Crippen molar-refractivity contribution in [2.75, 3.05) is 4.90 Å². The van der Waals surface area contributed by atoms with Crippen molar-refractivity contribution >= 4 is 18.0 Å². The average Bonchev–Trinajstić information content (AvgIpc) is 2.89. The lowest BCUT2D eigenvalue weighted by Crippen LogP contribution is -2.15. The molecule has 1 aliphatic rings. The summed E-state index contributed by atoms with van der Waals surface area (Å²) in [4.78, 5) is 12.8. The SMILES string of the molecule is O=C/C=C/c1ccccc1N1Cc2ccccc2C1. The van der Waals surface area contributed by atoms with Crippen LogP contribution in [0, 0.1) is 0 Å². The second kappa shape index (κ2) is 5.11. The number of carbonyl (C=O) groups excluding carboxylic acids is 1. The fraction of sp³-hybridized carbons (Fsp3) is 0.118. The number of benzene rings is 2. The molecule has 2 heteroatoms. The van der Waals surface area contributed by atoms with Crippen molar-refractivity contribution in [3.8, 4) is 0 Å². The molecule has 0 unspecified atom stereocenters. The molecule has 0 aliphatic carbocycles. The Labute approximate surface area is 113 Å². The molecule has 1 aliphatic heterocycles. The Bertz CT molecular complexity index is 606. The van der Waals surface area contributed by atoms with Crippen molar-refractivity contribution in [2.45, 2.75) is 13.1 Å². The molecular weight excluding hydrogens is 234 g/mol. The highest BCUT2D eigenvalue weighted by Gasteiger charge is 2.19. The topological polar surface area (TPSA) is 20.3 Å². The van der Waals surface area contributed by atoms with Crippen LogP contribution in [0.1, 0.15) is 16.7 Å². The van der Waals surface area contributed by atoms with Crippen molar-refractivity contribution in [2.24, 2.45) is 0 Å². The number of hydrogen-bond acceptors (Lipinski definition) is 2. The van der Waals surface area contributed by atoms with Gasteiger partial charge in [0.2, 0.25) is 0 Å². The first-order chi connectivity index (χ1) is 9.38. The maximum atomic E-state index is 10.5. The van der Waals surface area contributed by atoms with E-state index in [0.29, 0.717) is 0 Å². The quantitative estimate of drug-likeness (QED) is 0.613. The zero-order chi connectivity index (χ0) is 13.1. The van der Waals surface area contributed by atoms with Crippen molar-refractivity contribution in [3.05, 3.63) is 71.3 Å². The summed E-state index contributed by atoms with van der Waals surface area (Å²) in [6.07, 6.45) is 4.23. The van der Waals surface area contributed by atoms with Crippen molar-refractivity contribution in [3.63, 3.8) is 0 Å². The van der Waals surface area contributed by atoms with E-state index >= 15 is 0 Å². The van der Waals surface area contributed by atoms with E-state index in [-0.39, 0.29) is 0 Å². The van der Waals surface area contributed by atoms with E-state index in [0.717, 1.165) is 24.9 Å². The summed E-state index contributed by atoms with van der Waals surface area (Å²) in [5, 5.41) is 0. The summed E-state index contributed by atoms with van der Waals surface area (Å²) in [7, 11) is 0. The first-order valence-electron chi connectivity index (χ1n) is 6.41. The molecule has 0 radical (unpaired) electrons. The molecule has 2 aromatic rings. The van der Waals surface area contributed by atoms with E-state index in [1.54, 1.807) is 6.08 Å². The molecule has 2 nitrogen and oxygen atoms in total. The number of aldehydes is 1. The molecule has 0 atom stereocenters. The maximum absolute atomic E-state index is 10.5. The minimum atomic E-state index is 0.815. The third kappa shape index (κ3) is 2.29. The summed E-state index contributed by atoms with van der Waals surface area (Å²) in [5.74, 6) is 0. The normalized spacial score (nSPS) is 13.8. The van der Waals surface area contributed by atoms with Crippen LogP contribution >= 0.6 is 0 Å². The van der Waals surface area contributed by atoms with E-state index in [9.17, 15) is 4.79 Å². The van der Waals surface area contributed by atoms with Gasteiger partial charge < -0.3 is 4.90 Å². The standard InChI is InChI=1S/C17H15NO/c19-11-5-9-14-6-3-4-10-17(14)18-12-15-7-1-2-8-16(15)13-18/h1-11H,12-13H2/b9-5+. The summed E-state index contributed by atoms with van der Waals surface area (Å²) >= 11 is 0. The minimum absolute atomic E-state index is 0.815. The molecule has 1 heterocycles. The predicted molar refractivity (Wildman–Crippen MR) is 77.9 cm³/mol. The largest absolute Gasteiger partial charge is 0.362 e. The third-order valence-electron chi connectivity index (χ3n) is 3.47. The summed E-state index contributed by atoms with van der Waals surface area (Å²) in [6.45, 7) is 1.87. The highest BCUT2D eigenvalue weighted by atomic mass is 16.1. The van der Waals surface area contributed by atoms with Crippen LogP contribution in [0.3, 0.4) is 0 Å². The van der Waals surface area contributed by atoms with E-state index in [1.165, 1.54) is 16.8 Å². The minimum Gasteiger partial charge on any atom is -0.362 e. The Balaban J connectivity index is 1.93. The first-order valence-corrected chi connectivity index (χ1v) is 6.41. The molecule has 0 spiro atoms. The lowest BCUT2D eigenvalue weighted by molar-refractivity contribution is -0.104. The van der Waals surface area contributed by atoms with Gasteiger partial charge in [-0.1, -0.05) is 42.5 Å². The van der Waals surface area contributed by atoms with Gasteiger partial charge in [0.15, 0.2) is 0 Å². The number of para-hydroxylation sites is 1. The monoisotopic (exact) mass is 249 g/mol. The van der Waals surface area contributed by atoms with Crippen LogP contribution in [0.2, 0.25) is 0 Å². The predicted octanol–water partition coefficient (Wildman–Crippen LogP) is 3.42. The van der Waals surface area contributed by atoms with Crippen molar-refractivity contribution in [1.82, 2.24) is 0 Å². The van der Waals surface area contributed by atoms with E-state index in [4.69, 9.17) is 0 Å². The molecule has 0 bridgehead atoms. The van der Waals surface area contributed by atoms with Gasteiger partial charge in [0.1, 0.15) is 6.29 Å². The Morgan fingerprint density at radius 2 is 1.53 bits per heavy atom. The highest BCUT2D eigenvalue weighted by molar-refractivity contribution is 5.78. The molecule has 19 heavy (non-hydrogen) atoms. The second-order valence-corrected chi connectivity index (χ2v) is 4.68. The van der Waals surface area contributed by atoms with E-state index in [2.05, 4.69) is 35.2 Å². The van der Waals surface area contributed by atoms with Crippen LogP contribution < -0.4 is 4.90 Å².